The van der Waals surface area contributed by atoms with Gasteiger partial charge in [-0.25, -0.2) is 0 Å². The molecule has 0 aromatic rings. The van der Waals surface area contributed by atoms with Crippen LogP contribution in [-0.4, -0.2) is 22.3 Å². The predicted octanol–water partition coefficient (Wildman–Crippen LogP) is 4.18. The van der Waals surface area contributed by atoms with E-state index in [9.17, 15) is 15.0 Å². The number of hydrogen-bond acceptors (Lipinski definition) is 2. The molecule has 1 fully saturated rings. The van der Waals surface area contributed by atoms with Crippen LogP contribution >= 0.6 is 0 Å². The highest BCUT2D eigenvalue weighted by Gasteiger charge is 2.57. The summed E-state index contributed by atoms with van der Waals surface area (Å²) < 4.78 is 0. The second-order valence-corrected chi connectivity index (χ2v) is 8.68. The van der Waals surface area contributed by atoms with Crippen molar-refractivity contribution in [2.45, 2.75) is 65.9 Å². The summed E-state index contributed by atoms with van der Waals surface area (Å²) in [7, 11) is 0. The lowest BCUT2D eigenvalue weighted by Gasteiger charge is -2.57. The van der Waals surface area contributed by atoms with Gasteiger partial charge in [0, 0.05) is 0 Å². The number of carbonyl (C=O) groups is 1. The second-order valence-electron chi connectivity index (χ2n) is 8.68. The van der Waals surface area contributed by atoms with Crippen LogP contribution in [-0.2, 0) is 4.79 Å². The quantitative estimate of drug-likeness (QED) is 0.803. The molecule has 128 valence electrons. The molecule has 3 rings (SSSR count). The summed E-state index contributed by atoms with van der Waals surface area (Å²) in [5.41, 5.74) is 1.82. The van der Waals surface area contributed by atoms with Gasteiger partial charge in [-0.05, 0) is 66.9 Å². The zero-order valence-corrected chi connectivity index (χ0v) is 14.8. The fourth-order valence-corrected chi connectivity index (χ4v) is 5.66. The van der Waals surface area contributed by atoms with E-state index in [4.69, 9.17) is 0 Å². The molecule has 0 aromatic heterocycles. The average Bonchev–Trinajstić information content (AvgIpc) is 2.46. The van der Waals surface area contributed by atoms with Crippen LogP contribution in [0.3, 0.4) is 0 Å². The Balaban J connectivity index is 2.03. The Hall–Kier alpha value is -1.09. The van der Waals surface area contributed by atoms with Crippen molar-refractivity contribution in [1.29, 1.82) is 0 Å². The third-order valence-electron chi connectivity index (χ3n) is 7.10. The van der Waals surface area contributed by atoms with Crippen LogP contribution in [0.2, 0.25) is 0 Å². The highest BCUT2D eigenvalue weighted by atomic mass is 16.4. The van der Waals surface area contributed by atoms with Gasteiger partial charge in [0.1, 0.15) is 0 Å². The zero-order chi connectivity index (χ0) is 17.0. The molecular formula is C20H30O3. The standard InChI is InChI=1S/C20H30O3/c1-12(2)14-10-13-6-7-17-19(3,15(13)11-16(14)21)8-5-9-20(17,4)18(22)23/h6,10,12,15-17,21H,5,7-9,11H2,1-4H3,(H,22,23)/t15-,16+,17+,19+,20+/m0/s1. The van der Waals surface area contributed by atoms with Crippen LogP contribution < -0.4 is 0 Å². The van der Waals surface area contributed by atoms with Gasteiger partial charge >= 0.3 is 5.97 Å². The van der Waals surface area contributed by atoms with E-state index in [2.05, 4.69) is 32.9 Å². The van der Waals surface area contributed by atoms with Gasteiger partial charge in [-0.1, -0.05) is 39.3 Å². The maximum absolute atomic E-state index is 12.0. The van der Waals surface area contributed by atoms with Gasteiger partial charge in [0.05, 0.1) is 11.5 Å². The first-order valence-electron chi connectivity index (χ1n) is 9.03. The van der Waals surface area contributed by atoms with E-state index < -0.39 is 11.4 Å². The molecule has 3 heteroatoms. The Morgan fingerprint density at radius 3 is 2.61 bits per heavy atom. The third kappa shape index (κ3) is 2.39. The molecular weight excluding hydrogens is 288 g/mol. The maximum atomic E-state index is 12.0. The van der Waals surface area contributed by atoms with Crippen LogP contribution in [0.25, 0.3) is 0 Å². The maximum Gasteiger partial charge on any atom is 0.309 e. The van der Waals surface area contributed by atoms with E-state index in [1.165, 1.54) is 5.57 Å². The molecule has 3 nitrogen and oxygen atoms in total. The Labute approximate surface area is 139 Å². The van der Waals surface area contributed by atoms with E-state index in [1.54, 1.807) is 0 Å². The normalized spacial score (nSPS) is 43.3. The van der Waals surface area contributed by atoms with Crippen LogP contribution in [0.15, 0.2) is 23.3 Å². The number of carboxylic acids is 1. The number of rotatable bonds is 2. The van der Waals surface area contributed by atoms with Gasteiger partial charge in [0.15, 0.2) is 0 Å². The van der Waals surface area contributed by atoms with Gasteiger partial charge in [-0.3, -0.25) is 4.79 Å². The van der Waals surface area contributed by atoms with Crippen LogP contribution in [0.1, 0.15) is 59.8 Å². The smallest absolute Gasteiger partial charge is 0.309 e. The Morgan fingerprint density at radius 2 is 2.00 bits per heavy atom. The first-order valence-corrected chi connectivity index (χ1v) is 9.03. The molecule has 23 heavy (non-hydrogen) atoms. The molecule has 0 spiro atoms. The summed E-state index contributed by atoms with van der Waals surface area (Å²) in [6.45, 7) is 8.47. The first kappa shape index (κ1) is 16.8. The van der Waals surface area contributed by atoms with Crippen molar-refractivity contribution in [2.24, 2.45) is 28.6 Å². The van der Waals surface area contributed by atoms with Crippen molar-refractivity contribution in [1.82, 2.24) is 0 Å². The Bertz CT molecular complexity index is 573. The Kier molecular flexibility index (Phi) is 3.99. The van der Waals surface area contributed by atoms with Gasteiger partial charge in [0.2, 0.25) is 0 Å². The van der Waals surface area contributed by atoms with Gasteiger partial charge < -0.3 is 10.2 Å². The minimum absolute atomic E-state index is 0.0184. The molecule has 3 aliphatic carbocycles. The number of allylic oxidation sites excluding steroid dienone is 3. The molecule has 5 atom stereocenters. The molecule has 2 N–H and O–H groups in total. The van der Waals surface area contributed by atoms with E-state index in [-0.39, 0.29) is 23.4 Å². The topological polar surface area (TPSA) is 57.5 Å². The lowest BCUT2D eigenvalue weighted by Crippen LogP contribution is -2.53. The molecule has 0 radical (unpaired) electrons. The summed E-state index contributed by atoms with van der Waals surface area (Å²) in [6.07, 6.45) is 8.49. The van der Waals surface area contributed by atoms with Gasteiger partial charge in [0.25, 0.3) is 0 Å². The van der Waals surface area contributed by atoms with Gasteiger partial charge in [-0.15, -0.1) is 0 Å². The fraction of sp³-hybridized carbons (Fsp3) is 0.750. The first-order chi connectivity index (χ1) is 10.7. The molecule has 3 aliphatic rings. The van der Waals surface area contributed by atoms with Crippen LogP contribution in [0.4, 0.5) is 0 Å². The minimum Gasteiger partial charge on any atom is -0.481 e. The van der Waals surface area contributed by atoms with Crippen molar-refractivity contribution >= 4 is 5.97 Å². The number of fused-ring (bicyclic) bond motifs is 3. The number of aliphatic hydroxyl groups excluding tert-OH is 1. The largest absolute Gasteiger partial charge is 0.481 e. The number of aliphatic carboxylic acids is 1. The van der Waals surface area contributed by atoms with Crippen molar-refractivity contribution in [3.63, 3.8) is 0 Å². The number of hydrogen-bond donors (Lipinski definition) is 2. The van der Waals surface area contributed by atoms with Gasteiger partial charge in [-0.2, -0.15) is 0 Å². The summed E-state index contributed by atoms with van der Waals surface area (Å²) in [4.78, 5) is 12.0. The number of aliphatic hydroxyl groups is 1. The highest BCUT2D eigenvalue weighted by molar-refractivity contribution is 5.75. The molecule has 0 amide bonds. The average molecular weight is 318 g/mol. The molecule has 0 aromatic carbocycles. The lowest BCUT2D eigenvalue weighted by molar-refractivity contribution is -0.162. The van der Waals surface area contributed by atoms with E-state index in [0.29, 0.717) is 5.92 Å². The minimum atomic E-state index is -0.653. The zero-order valence-electron chi connectivity index (χ0n) is 14.8. The van der Waals surface area contributed by atoms with E-state index >= 15 is 0 Å². The monoisotopic (exact) mass is 318 g/mol. The third-order valence-corrected chi connectivity index (χ3v) is 7.10. The van der Waals surface area contributed by atoms with Crippen LogP contribution in [0, 0.1) is 28.6 Å². The molecule has 0 saturated heterocycles. The Morgan fingerprint density at radius 1 is 1.30 bits per heavy atom. The van der Waals surface area contributed by atoms with Crippen molar-refractivity contribution in [3.05, 3.63) is 23.3 Å². The molecule has 0 heterocycles. The SMILES string of the molecule is CC(C)C1=CC2=CC[C@@H]3[C@](C)(CCC[C@@]3(C)C(=O)O)[C@H]2C[C@H]1O. The van der Waals surface area contributed by atoms with Crippen molar-refractivity contribution < 1.29 is 15.0 Å². The summed E-state index contributed by atoms with van der Waals surface area (Å²) in [6, 6.07) is 0. The van der Waals surface area contributed by atoms with Crippen LogP contribution in [0.5, 0.6) is 0 Å². The molecule has 0 unspecified atom stereocenters. The summed E-state index contributed by atoms with van der Waals surface area (Å²) in [5.74, 6) is 0.155. The summed E-state index contributed by atoms with van der Waals surface area (Å²) in [5, 5.41) is 20.4. The van der Waals surface area contributed by atoms with Crippen molar-refractivity contribution in [3.8, 4) is 0 Å². The lowest BCUT2D eigenvalue weighted by atomic mass is 9.46. The molecule has 1 saturated carbocycles. The number of carboxylic acid groups (broad SMARTS) is 1. The second kappa shape index (κ2) is 5.47. The summed E-state index contributed by atoms with van der Waals surface area (Å²) >= 11 is 0. The molecule has 0 aliphatic heterocycles. The van der Waals surface area contributed by atoms with Crippen molar-refractivity contribution in [2.75, 3.05) is 0 Å². The molecule has 0 bridgehead atoms. The fourth-order valence-electron chi connectivity index (χ4n) is 5.66. The highest BCUT2D eigenvalue weighted by Crippen LogP contribution is 2.62. The predicted molar refractivity (Wildman–Crippen MR) is 90.9 cm³/mol. The van der Waals surface area contributed by atoms with E-state index in [0.717, 1.165) is 37.7 Å². The van der Waals surface area contributed by atoms with E-state index in [1.807, 2.05) is 6.92 Å².